The zero-order valence-corrected chi connectivity index (χ0v) is 31.2. The number of para-hydroxylation sites is 3. The molecule has 0 fully saturated rings. The van der Waals surface area contributed by atoms with Gasteiger partial charge in [-0.2, -0.15) is 0 Å². The minimum atomic E-state index is -1.49. The van der Waals surface area contributed by atoms with E-state index in [9.17, 15) is 19.2 Å². The minimum absolute atomic E-state index is 0.0195. The molecule has 12 nitrogen and oxygen atoms in total. The number of benzene rings is 4. The molecule has 1 N–H and O–H groups in total. The highest BCUT2D eigenvalue weighted by Gasteiger charge is 2.36. The standard InChI is InChI=1S/C42H50N4O8/c1-4-44(35-21-13-8-14-22-35)38(47)28-51-31-42(43-41(50)54-27-34-19-11-7-12-20-34,32-52-29-39(48)45(5-2)36-23-15-9-16-24-36)33-53-30-40(49)46(6-3)37-25-17-10-18-26-37/h7-26H,4-6,27-33H2,1-3H3,(H,43,50). The van der Waals surface area contributed by atoms with Gasteiger partial charge in [0.05, 0.1) is 19.8 Å². The Labute approximate surface area is 317 Å². The molecular formula is C42H50N4O8. The molecule has 0 saturated heterocycles. The molecule has 0 unspecified atom stereocenters. The Morgan fingerprint density at radius 3 is 1.13 bits per heavy atom. The first kappa shape index (κ1) is 41.2. The zero-order valence-electron chi connectivity index (χ0n) is 31.2. The molecule has 0 radical (unpaired) electrons. The van der Waals surface area contributed by atoms with E-state index in [0.717, 1.165) is 5.56 Å². The fraction of sp³-hybridized carbons (Fsp3) is 0.333. The number of anilines is 3. The molecule has 4 aromatic carbocycles. The molecule has 0 saturated carbocycles. The predicted octanol–water partition coefficient (Wildman–Crippen LogP) is 5.86. The zero-order chi connectivity index (χ0) is 38.6. The Bertz CT molecular complexity index is 1570. The van der Waals surface area contributed by atoms with Crippen LogP contribution in [0.25, 0.3) is 0 Å². The van der Waals surface area contributed by atoms with Gasteiger partial charge in [0, 0.05) is 36.7 Å². The quantitative estimate of drug-likeness (QED) is 0.113. The van der Waals surface area contributed by atoms with E-state index < -0.39 is 11.6 Å². The summed E-state index contributed by atoms with van der Waals surface area (Å²) in [5.74, 6) is -0.918. The van der Waals surface area contributed by atoms with Crippen molar-refractivity contribution in [2.75, 3.05) is 74.0 Å². The van der Waals surface area contributed by atoms with E-state index in [4.69, 9.17) is 18.9 Å². The van der Waals surface area contributed by atoms with Gasteiger partial charge < -0.3 is 39.0 Å². The molecule has 4 amide bonds. The Morgan fingerprint density at radius 1 is 0.500 bits per heavy atom. The van der Waals surface area contributed by atoms with Crippen molar-refractivity contribution in [2.45, 2.75) is 32.9 Å². The summed E-state index contributed by atoms with van der Waals surface area (Å²) in [7, 11) is 0. The van der Waals surface area contributed by atoms with Crippen LogP contribution in [0.2, 0.25) is 0 Å². The SMILES string of the molecule is CCN(C(=O)COCC(COCC(=O)N(CC)c1ccccc1)(COCC(=O)N(CC)c1ccccc1)NC(=O)OCc1ccccc1)c1ccccc1. The maximum Gasteiger partial charge on any atom is 0.408 e. The number of nitrogens with one attached hydrogen (secondary N) is 1. The van der Waals surface area contributed by atoms with Crippen molar-refractivity contribution in [3.63, 3.8) is 0 Å². The number of ether oxygens (including phenoxy) is 4. The molecule has 12 heteroatoms. The molecule has 0 atom stereocenters. The molecule has 0 aliphatic carbocycles. The van der Waals surface area contributed by atoms with Crippen molar-refractivity contribution < 1.29 is 38.1 Å². The molecule has 4 aromatic rings. The molecule has 4 rings (SSSR count). The topological polar surface area (TPSA) is 127 Å². The summed E-state index contributed by atoms with van der Waals surface area (Å²) < 4.78 is 23.6. The van der Waals surface area contributed by atoms with Gasteiger partial charge in [0.2, 0.25) is 0 Å². The van der Waals surface area contributed by atoms with Crippen LogP contribution in [0.15, 0.2) is 121 Å². The molecule has 0 aromatic heterocycles. The Balaban J connectivity index is 1.54. The summed E-state index contributed by atoms with van der Waals surface area (Å²) >= 11 is 0. The van der Waals surface area contributed by atoms with Crippen LogP contribution in [0.5, 0.6) is 0 Å². The van der Waals surface area contributed by atoms with Crippen molar-refractivity contribution >= 4 is 40.9 Å². The van der Waals surface area contributed by atoms with Crippen LogP contribution in [-0.4, -0.2) is 88.6 Å². The second kappa shape index (κ2) is 21.8. The molecule has 0 aliphatic rings. The van der Waals surface area contributed by atoms with Crippen molar-refractivity contribution in [1.29, 1.82) is 0 Å². The van der Waals surface area contributed by atoms with Crippen molar-refractivity contribution in [3.8, 4) is 0 Å². The van der Waals surface area contributed by atoms with Gasteiger partial charge in [-0.25, -0.2) is 4.79 Å². The van der Waals surface area contributed by atoms with Gasteiger partial charge in [0.1, 0.15) is 32.0 Å². The van der Waals surface area contributed by atoms with Crippen LogP contribution in [0, 0.1) is 0 Å². The Kier molecular flexibility index (Phi) is 16.7. The lowest BCUT2D eigenvalue weighted by Crippen LogP contribution is -2.59. The van der Waals surface area contributed by atoms with E-state index in [2.05, 4.69) is 5.32 Å². The average molecular weight is 739 g/mol. The molecular weight excluding hydrogens is 688 g/mol. The van der Waals surface area contributed by atoms with Crippen molar-refractivity contribution in [2.24, 2.45) is 0 Å². The lowest BCUT2D eigenvalue weighted by atomic mass is 10.0. The van der Waals surface area contributed by atoms with Gasteiger partial charge in [-0.15, -0.1) is 0 Å². The van der Waals surface area contributed by atoms with Gasteiger partial charge in [0.25, 0.3) is 17.7 Å². The van der Waals surface area contributed by atoms with E-state index in [-0.39, 0.29) is 64.0 Å². The summed E-state index contributed by atoms with van der Waals surface area (Å²) in [6.45, 7) is 4.94. The number of alkyl carbamates (subject to hydrolysis) is 1. The third kappa shape index (κ3) is 12.5. The molecule has 54 heavy (non-hydrogen) atoms. The Morgan fingerprint density at radius 2 is 0.815 bits per heavy atom. The van der Waals surface area contributed by atoms with Crippen LogP contribution >= 0.6 is 0 Å². The average Bonchev–Trinajstić information content (AvgIpc) is 3.19. The lowest BCUT2D eigenvalue weighted by molar-refractivity contribution is -0.128. The molecule has 0 aliphatic heterocycles. The fourth-order valence-electron chi connectivity index (χ4n) is 5.78. The summed E-state index contributed by atoms with van der Waals surface area (Å²) in [6.07, 6.45) is -0.808. The normalized spacial score (nSPS) is 11.0. The lowest BCUT2D eigenvalue weighted by Gasteiger charge is -2.34. The number of carbonyl (C=O) groups excluding carboxylic acids is 4. The maximum atomic E-state index is 13.4. The first-order valence-electron chi connectivity index (χ1n) is 18.1. The molecule has 286 valence electrons. The first-order chi connectivity index (χ1) is 26.3. The highest BCUT2D eigenvalue weighted by Crippen LogP contribution is 2.18. The smallest absolute Gasteiger partial charge is 0.408 e. The third-order valence-electron chi connectivity index (χ3n) is 8.45. The predicted molar refractivity (Wildman–Crippen MR) is 208 cm³/mol. The van der Waals surface area contributed by atoms with Gasteiger partial charge >= 0.3 is 6.09 Å². The van der Waals surface area contributed by atoms with Gasteiger partial charge in [-0.1, -0.05) is 84.9 Å². The highest BCUT2D eigenvalue weighted by molar-refractivity contribution is 5.95. The van der Waals surface area contributed by atoms with Crippen molar-refractivity contribution in [1.82, 2.24) is 5.32 Å². The second-order valence-corrected chi connectivity index (χ2v) is 12.4. The van der Waals surface area contributed by atoms with E-state index in [0.29, 0.717) is 36.7 Å². The summed E-state index contributed by atoms with van der Waals surface area (Å²) in [4.78, 5) is 58.2. The molecule has 0 spiro atoms. The van der Waals surface area contributed by atoms with Gasteiger partial charge in [-0.05, 0) is 62.7 Å². The van der Waals surface area contributed by atoms with Gasteiger partial charge in [-0.3, -0.25) is 14.4 Å². The van der Waals surface area contributed by atoms with Crippen LogP contribution < -0.4 is 20.0 Å². The summed E-state index contributed by atoms with van der Waals surface area (Å²) in [6, 6.07) is 36.8. The highest BCUT2D eigenvalue weighted by atomic mass is 16.6. The number of nitrogens with zero attached hydrogens (tertiary/aromatic N) is 3. The summed E-state index contributed by atoms with van der Waals surface area (Å²) in [5.41, 5.74) is 1.41. The molecule has 0 heterocycles. The van der Waals surface area contributed by atoms with Crippen molar-refractivity contribution in [3.05, 3.63) is 127 Å². The number of rotatable bonds is 21. The van der Waals surface area contributed by atoms with E-state index in [1.807, 2.05) is 142 Å². The number of hydrogen-bond acceptors (Lipinski definition) is 8. The van der Waals surface area contributed by atoms with Crippen LogP contribution in [0.1, 0.15) is 26.3 Å². The first-order valence-corrected chi connectivity index (χ1v) is 18.1. The number of hydrogen-bond donors (Lipinski definition) is 1. The number of likely N-dealkylation sites (N-methyl/N-ethyl adjacent to an activating group) is 3. The maximum absolute atomic E-state index is 13.4. The van der Waals surface area contributed by atoms with Crippen LogP contribution in [0.3, 0.4) is 0 Å². The number of carbonyl (C=O) groups is 4. The third-order valence-corrected chi connectivity index (χ3v) is 8.45. The second-order valence-electron chi connectivity index (χ2n) is 12.4. The van der Waals surface area contributed by atoms with E-state index in [1.165, 1.54) is 0 Å². The van der Waals surface area contributed by atoms with Crippen LogP contribution in [-0.2, 0) is 39.9 Å². The van der Waals surface area contributed by atoms with Gasteiger partial charge in [0.15, 0.2) is 0 Å². The van der Waals surface area contributed by atoms with E-state index >= 15 is 0 Å². The fourth-order valence-corrected chi connectivity index (χ4v) is 5.78. The van der Waals surface area contributed by atoms with E-state index in [1.54, 1.807) is 14.7 Å². The molecule has 0 bridgehead atoms. The number of amides is 4. The monoisotopic (exact) mass is 738 g/mol. The largest absolute Gasteiger partial charge is 0.445 e. The van der Waals surface area contributed by atoms with Crippen LogP contribution in [0.4, 0.5) is 21.9 Å². The minimum Gasteiger partial charge on any atom is -0.445 e. The summed E-state index contributed by atoms with van der Waals surface area (Å²) in [5, 5.41) is 2.84. The Hall–Kier alpha value is -5.56.